The third-order valence-corrected chi connectivity index (χ3v) is 26.6. The molecule has 610 valence electrons. The standard InChI is InChI=1S/C69H112O37/c1-24-36(78)40(82)44(86)57(97-24)102-49-31(76)19-93-56(46(49)88)101-48-25(2)98-59(47(89)50(48)103-61-53(90)68(92,22-72)23-96-61)104-51-37(79)30(75)18-94-60(51)106-62(91)69-12-11-63(3,4)13-27(69)26-9-10-34-64(5)14-29(74)54(65(6,21-71)52(64)28(73)15-67(34,8)66(26,7)16-35(69)77)105-58-45(87)42(84)39(81)33(100-58)20-95-55-43(85)41(83)38(80)32(17-70)99-55/h9,24-25,27-61,70-90,92H,10-23H2,1-8H3/t24-,25-,27+,28+,29-,30-,31+,32+,33+,34+,35+,36-,37-,38+,39+,40+,41-,42-,43+,44+,45+,46+,47+,48-,49-,50-,51+,52+,53-,54-,55+,56-,57-,58-,59-,60-,61-,64+,65-,66+,67+,68+,69+/m0/s1. The minimum atomic E-state index is -2.27. The molecule has 0 amide bonds. The highest BCUT2D eigenvalue weighted by Crippen LogP contribution is 2.76. The van der Waals surface area contributed by atoms with Gasteiger partial charge in [-0.25, -0.2) is 0 Å². The normalized spacial score (nSPS) is 56.1. The molecule has 4 saturated carbocycles. The van der Waals surface area contributed by atoms with Crippen LogP contribution in [0.2, 0.25) is 0 Å². The fraction of sp³-hybridized carbons (Fsp3) is 0.957. The maximum atomic E-state index is 15.8. The molecule has 0 spiro atoms. The Hall–Kier alpha value is -2.19. The molecule has 0 aromatic heterocycles. The van der Waals surface area contributed by atoms with Gasteiger partial charge < -0.3 is 179 Å². The average Bonchev–Trinajstić information content (AvgIpc) is 0.726. The van der Waals surface area contributed by atoms with Crippen LogP contribution in [0.15, 0.2) is 11.6 Å². The number of rotatable bonds is 18. The van der Waals surface area contributed by atoms with E-state index in [1.165, 1.54) is 13.8 Å². The Labute approximate surface area is 610 Å². The van der Waals surface area contributed by atoms with E-state index in [-0.39, 0.29) is 25.7 Å². The Balaban J connectivity index is 0.778. The van der Waals surface area contributed by atoms with Crippen LogP contribution in [0, 0.1) is 50.2 Å². The molecule has 43 atom stereocenters. The molecule has 106 heavy (non-hydrogen) atoms. The molecule has 37 nitrogen and oxygen atoms in total. The second-order valence-corrected chi connectivity index (χ2v) is 33.8. The number of allylic oxidation sites excluding steroid dienone is 2. The highest BCUT2D eigenvalue weighted by molar-refractivity contribution is 5.80. The van der Waals surface area contributed by atoms with E-state index in [0.717, 1.165) is 5.57 Å². The number of ether oxygens (including phenoxy) is 14. The molecule has 0 bridgehead atoms. The van der Waals surface area contributed by atoms with Gasteiger partial charge in [0.15, 0.2) is 43.8 Å². The van der Waals surface area contributed by atoms with Gasteiger partial charge >= 0.3 is 5.97 Å². The summed E-state index contributed by atoms with van der Waals surface area (Å²) < 4.78 is 83.3. The lowest BCUT2D eigenvalue weighted by atomic mass is 9.32. The molecular formula is C69H112O37. The zero-order valence-corrected chi connectivity index (χ0v) is 60.3. The molecule has 7 saturated heterocycles. The second kappa shape index (κ2) is 30.9. The maximum absolute atomic E-state index is 15.8. The zero-order chi connectivity index (χ0) is 77.5. The largest absolute Gasteiger partial charge is 0.432 e. The van der Waals surface area contributed by atoms with Gasteiger partial charge in [-0.15, -0.1) is 0 Å². The van der Waals surface area contributed by atoms with E-state index in [9.17, 15) is 112 Å². The first-order chi connectivity index (χ1) is 49.6. The van der Waals surface area contributed by atoms with E-state index >= 15 is 4.79 Å². The van der Waals surface area contributed by atoms with E-state index in [0.29, 0.717) is 19.3 Å². The number of aliphatic hydroxyl groups excluding tert-OH is 21. The topological polar surface area (TPSA) is 591 Å². The fourth-order valence-electron chi connectivity index (χ4n) is 20.4. The van der Waals surface area contributed by atoms with E-state index in [4.69, 9.17) is 66.3 Å². The van der Waals surface area contributed by atoms with Crippen LogP contribution in [-0.4, -0.2) is 379 Å². The first-order valence-corrected chi connectivity index (χ1v) is 36.7. The number of aliphatic hydroxyl groups is 22. The first kappa shape index (κ1) is 83.2. The van der Waals surface area contributed by atoms with E-state index in [1.807, 2.05) is 34.6 Å². The SMILES string of the molecule is C[C@@H]1O[C@@H](O[C@@H]2[C@@H](O)[C@H](O[C@@H]3[C@@H](O[C@@H]4OC[C@](O)(CO)[C@H]4O)[C@@H](O)[C@H](O[C@H]4[C@H](OC(=O)[C@]56CCC(C)(C)C[C@@H]5C5=CC[C@@H]7[C@@]8(C)C[C@H](O)[C@H](O[C@@H]9O[C@H](CO[C@@H]%10O[C@H](CO)[C@@H](O)[C@H](O)[C@H]%10O)[C@@H](O)[C@H](O)[C@H]9O)[C@@](C)(CO)[C@@H]8[C@H](O)C[C@@]7(C)[C@]5(C)C[C@H]6O)OC[C@H](O)[C@@H]4O)O[C@H]3C)OC[C@H]2O)[C@H](O)[C@H](O)[C@H]1O. The lowest BCUT2D eigenvalue weighted by Crippen LogP contribution is -2.73. The van der Waals surface area contributed by atoms with Crippen molar-refractivity contribution >= 4 is 5.97 Å². The summed E-state index contributed by atoms with van der Waals surface area (Å²) in [6.07, 6.45) is -55.5. The van der Waals surface area contributed by atoms with Crippen molar-refractivity contribution < 1.29 is 183 Å². The predicted molar refractivity (Wildman–Crippen MR) is 345 cm³/mol. The summed E-state index contributed by atoms with van der Waals surface area (Å²) in [5, 5.41) is 247. The number of hydrogen-bond acceptors (Lipinski definition) is 37. The Bertz CT molecular complexity index is 3050. The highest BCUT2D eigenvalue weighted by Gasteiger charge is 2.75. The van der Waals surface area contributed by atoms with E-state index in [2.05, 4.69) is 6.08 Å². The summed E-state index contributed by atoms with van der Waals surface area (Å²) in [7, 11) is 0. The number of esters is 1. The van der Waals surface area contributed by atoms with Gasteiger partial charge in [0.25, 0.3) is 0 Å². The van der Waals surface area contributed by atoms with Gasteiger partial charge in [0, 0.05) is 11.3 Å². The minimum absolute atomic E-state index is 0.0484. The van der Waals surface area contributed by atoms with Crippen molar-refractivity contribution in [1.29, 1.82) is 0 Å². The molecule has 5 aliphatic carbocycles. The zero-order valence-electron chi connectivity index (χ0n) is 60.3. The van der Waals surface area contributed by atoms with Crippen molar-refractivity contribution in [3.63, 3.8) is 0 Å². The lowest BCUT2D eigenvalue weighted by Gasteiger charge is -2.73. The van der Waals surface area contributed by atoms with Crippen LogP contribution in [0.25, 0.3) is 0 Å². The van der Waals surface area contributed by atoms with Gasteiger partial charge in [-0.05, 0) is 92.3 Å². The molecule has 7 aliphatic heterocycles. The smallest absolute Gasteiger partial charge is 0.317 e. The molecule has 0 aromatic rings. The molecular weight excluding hydrogens is 1420 g/mol. The minimum Gasteiger partial charge on any atom is -0.432 e. The molecule has 0 unspecified atom stereocenters. The van der Waals surface area contributed by atoms with Gasteiger partial charge in [0.05, 0.1) is 82.9 Å². The summed E-state index contributed by atoms with van der Waals surface area (Å²) in [6.45, 7) is 9.30. The summed E-state index contributed by atoms with van der Waals surface area (Å²) in [5.74, 6) is -3.05. The number of carbonyl (C=O) groups is 1. The molecule has 12 rings (SSSR count). The average molecular weight is 1530 g/mol. The second-order valence-electron chi connectivity index (χ2n) is 33.8. The van der Waals surface area contributed by atoms with Gasteiger partial charge in [-0.2, -0.15) is 0 Å². The monoisotopic (exact) mass is 1530 g/mol. The fourth-order valence-corrected chi connectivity index (χ4v) is 20.4. The molecule has 11 fully saturated rings. The molecule has 0 aromatic carbocycles. The first-order valence-electron chi connectivity index (χ1n) is 36.7. The van der Waals surface area contributed by atoms with Crippen molar-refractivity contribution in [2.75, 3.05) is 46.2 Å². The van der Waals surface area contributed by atoms with Crippen LogP contribution in [-0.2, 0) is 71.1 Å². The van der Waals surface area contributed by atoms with Gasteiger partial charge in [0.2, 0.25) is 6.29 Å². The van der Waals surface area contributed by atoms with Gasteiger partial charge in [-0.1, -0.05) is 53.2 Å². The maximum Gasteiger partial charge on any atom is 0.317 e. The molecule has 37 heteroatoms. The quantitative estimate of drug-likeness (QED) is 0.0344. The molecule has 0 radical (unpaired) electrons. The number of hydrogen-bond donors (Lipinski definition) is 22. The third kappa shape index (κ3) is 14.0. The predicted octanol–water partition coefficient (Wildman–Crippen LogP) is -8.70. The van der Waals surface area contributed by atoms with Crippen molar-refractivity contribution in [2.24, 2.45) is 50.2 Å². The van der Waals surface area contributed by atoms with Crippen LogP contribution in [0.3, 0.4) is 0 Å². The van der Waals surface area contributed by atoms with Crippen LogP contribution >= 0.6 is 0 Å². The number of carbonyl (C=O) groups excluding carboxylic acids is 1. The van der Waals surface area contributed by atoms with Gasteiger partial charge in [0.1, 0.15) is 133 Å². The summed E-state index contributed by atoms with van der Waals surface area (Å²) in [6, 6.07) is 0. The van der Waals surface area contributed by atoms with Crippen molar-refractivity contribution in [1.82, 2.24) is 0 Å². The van der Waals surface area contributed by atoms with E-state index in [1.54, 1.807) is 6.92 Å². The summed E-state index contributed by atoms with van der Waals surface area (Å²) >= 11 is 0. The Kier molecular flexibility index (Phi) is 24.2. The van der Waals surface area contributed by atoms with Gasteiger partial charge in [-0.3, -0.25) is 4.79 Å². The van der Waals surface area contributed by atoms with Crippen molar-refractivity contribution in [3.8, 4) is 0 Å². The Morgan fingerprint density at radius 3 is 1.72 bits per heavy atom. The third-order valence-electron chi connectivity index (χ3n) is 26.6. The summed E-state index contributed by atoms with van der Waals surface area (Å²) in [5.41, 5.74) is -8.28. The Morgan fingerprint density at radius 1 is 0.500 bits per heavy atom. The lowest BCUT2D eigenvalue weighted by molar-refractivity contribution is -0.387. The van der Waals surface area contributed by atoms with Crippen LogP contribution in [0.4, 0.5) is 0 Å². The molecule has 22 N–H and O–H groups in total. The summed E-state index contributed by atoms with van der Waals surface area (Å²) in [4.78, 5) is 15.8. The van der Waals surface area contributed by atoms with Crippen LogP contribution < -0.4 is 0 Å². The van der Waals surface area contributed by atoms with Crippen LogP contribution in [0.1, 0.15) is 100 Å². The van der Waals surface area contributed by atoms with Crippen LogP contribution in [0.5, 0.6) is 0 Å². The van der Waals surface area contributed by atoms with Crippen molar-refractivity contribution in [2.45, 2.75) is 315 Å². The Morgan fingerprint density at radius 2 is 1.07 bits per heavy atom. The highest BCUT2D eigenvalue weighted by atomic mass is 16.8. The molecule has 12 aliphatic rings. The van der Waals surface area contributed by atoms with Crippen molar-refractivity contribution in [3.05, 3.63) is 11.6 Å². The number of fused-ring (bicyclic) bond motifs is 7. The molecule has 7 heterocycles. The van der Waals surface area contributed by atoms with E-state index < -0.39 is 317 Å².